The van der Waals surface area contributed by atoms with Gasteiger partial charge < -0.3 is 10.2 Å². The fraction of sp³-hybridized carbons (Fsp3) is 0.778. The van der Waals surface area contributed by atoms with E-state index in [2.05, 4.69) is 0 Å². The highest BCUT2D eigenvalue weighted by Crippen LogP contribution is 2.64. The van der Waals surface area contributed by atoms with E-state index in [0.29, 0.717) is 12.8 Å². The summed E-state index contributed by atoms with van der Waals surface area (Å²) in [5, 5.41) is 18.3. The van der Waals surface area contributed by atoms with Gasteiger partial charge in [-0.25, -0.2) is 0 Å². The van der Waals surface area contributed by atoms with Crippen molar-refractivity contribution in [2.24, 2.45) is 22.2 Å². The molecule has 2 N–H and O–H groups in total. The van der Waals surface area contributed by atoms with Crippen LogP contribution >= 0.6 is 0 Å². The van der Waals surface area contributed by atoms with Gasteiger partial charge in [-0.05, 0) is 30.6 Å². The SMILES string of the molecule is C[C@]1(CC(=O)O)C(=O)CC[C@]2(C)[C@@H]1CCC(=O)[C@@]2(C)CCC(=O)O. The second-order valence-corrected chi connectivity index (χ2v) is 8.07. The highest BCUT2D eigenvalue weighted by Gasteiger charge is 2.64. The summed E-state index contributed by atoms with van der Waals surface area (Å²) < 4.78 is 0. The second-order valence-electron chi connectivity index (χ2n) is 8.07. The van der Waals surface area contributed by atoms with Gasteiger partial charge >= 0.3 is 11.9 Å². The van der Waals surface area contributed by atoms with Crippen LogP contribution in [-0.4, -0.2) is 33.7 Å². The molecule has 0 saturated heterocycles. The fourth-order valence-electron chi connectivity index (χ4n) is 5.22. The van der Waals surface area contributed by atoms with Crippen LogP contribution in [0.2, 0.25) is 0 Å². The molecule has 0 bridgehead atoms. The van der Waals surface area contributed by atoms with Crippen molar-refractivity contribution in [3.05, 3.63) is 0 Å². The molecule has 0 heterocycles. The average molecular weight is 338 g/mol. The fourth-order valence-corrected chi connectivity index (χ4v) is 5.22. The van der Waals surface area contributed by atoms with Gasteiger partial charge in [0, 0.05) is 30.1 Å². The molecule has 0 spiro atoms. The third-order valence-electron chi connectivity index (χ3n) is 6.94. The van der Waals surface area contributed by atoms with Crippen molar-refractivity contribution < 1.29 is 29.4 Å². The summed E-state index contributed by atoms with van der Waals surface area (Å²) in [6.07, 6.45) is 1.40. The lowest BCUT2D eigenvalue weighted by Crippen LogP contribution is -2.61. The van der Waals surface area contributed by atoms with E-state index in [0.717, 1.165) is 0 Å². The van der Waals surface area contributed by atoms with E-state index in [1.54, 1.807) is 13.8 Å². The Hall–Kier alpha value is -1.72. The Morgan fingerprint density at radius 3 is 2.21 bits per heavy atom. The largest absolute Gasteiger partial charge is 0.481 e. The van der Waals surface area contributed by atoms with E-state index in [1.807, 2.05) is 6.92 Å². The molecule has 4 atom stereocenters. The molecule has 2 aliphatic carbocycles. The van der Waals surface area contributed by atoms with Crippen LogP contribution in [0.15, 0.2) is 0 Å². The highest BCUT2D eigenvalue weighted by molar-refractivity contribution is 5.92. The Bertz CT molecular complexity index is 596. The third-order valence-corrected chi connectivity index (χ3v) is 6.94. The maximum absolute atomic E-state index is 12.7. The number of hydrogen-bond donors (Lipinski definition) is 2. The molecular weight excluding hydrogens is 312 g/mol. The van der Waals surface area contributed by atoms with Crippen LogP contribution in [0.3, 0.4) is 0 Å². The van der Waals surface area contributed by atoms with Crippen molar-refractivity contribution >= 4 is 23.5 Å². The first-order valence-corrected chi connectivity index (χ1v) is 8.47. The van der Waals surface area contributed by atoms with E-state index in [9.17, 15) is 24.3 Å². The van der Waals surface area contributed by atoms with Crippen LogP contribution in [0.1, 0.15) is 65.7 Å². The summed E-state index contributed by atoms with van der Waals surface area (Å²) in [6.45, 7) is 5.46. The second kappa shape index (κ2) is 5.97. The quantitative estimate of drug-likeness (QED) is 0.798. The van der Waals surface area contributed by atoms with Gasteiger partial charge in [-0.3, -0.25) is 19.2 Å². The maximum Gasteiger partial charge on any atom is 0.304 e. The minimum absolute atomic E-state index is 0.0366. The van der Waals surface area contributed by atoms with Crippen LogP contribution in [0.25, 0.3) is 0 Å². The number of fused-ring (bicyclic) bond motifs is 1. The van der Waals surface area contributed by atoms with Crippen LogP contribution in [0, 0.1) is 22.2 Å². The smallest absolute Gasteiger partial charge is 0.304 e. The number of Topliss-reactive ketones (excluding diaryl/α,β-unsaturated/α-hetero) is 2. The van der Waals surface area contributed by atoms with Crippen molar-refractivity contribution in [3.63, 3.8) is 0 Å². The maximum atomic E-state index is 12.7. The molecule has 0 aromatic heterocycles. The Kier molecular flexibility index (Phi) is 4.63. The summed E-state index contributed by atoms with van der Waals surface area (Å²) >= 11 is 0. The average Bonchev–Trinajstić information content (AvgIpc) is 2.46. The first-order valence-electron chi connectivity index (χ1n) is 8.47. The number of carboxylic acids is 2. The zero-order valence-electron chi connectivity index (χ0n) is 14.6. The van der Waals surface area contributed by atoms with E-state index in [1.165, 1.54) is 0 Å². The highest BCUT2D eigenvalue weighted by atomic mass is 16.4. The summed E-state index contributed by atoms with van der Waals surface area (Å²) in [5.41, 5.74) is -2.39. The van der Waals surface area contributed by atoms with Gasteiger partial charge in [0.2, 0.25) is 0 Å². The van der Waals surface area contributed by atoms with Crippen molar-refractivity contribution in [1.29, 1.82) is 0 Å². The van der Waals surface area contributed by atoms with Crippen LogP contribution < -0.4 is 0 Å². The Labute approximate surface area is 141 Å². The molecule has 2 rings (SSSR count). The van der Waals surface area contributed by atoms with Gasteiger partial charge in [0.1, 0.15) is 11.6 Å². The monoisotopic (exact) mass is 338 g/mol. The van der Waals surface area contributed by atoms with Gasteiger partial charge in [0.15, 0.2) is 0 Å². The molecule has 2 aliphatic rings. The normalized spacial score (nSPS) is 39.4. The zero-order chi connectivity index (χ0) is 18.3. The molecule has 0 amide bonds. The number of hydrogen-bond acceptors (Lipinski definition) is 4. The van der Waals surface area contributed by atoms with Crippen LogP contribution in [-0.2, 0) is 19.2 Å². The van der Waals surface area contributed by atoms with Crippen molar-refractivity contribution in [2.75, 3.05) is 0 Å². The zero-order valence-corrected chi connectivity index (χ0v) is 14.6. The number of ketones is 2. The Morgan fingerprint density at radius 2 is 1.67 bits per heavy atom. The number of carboxylic acid groups (broad SMARTS) is 2. The molecule has 6 nitrogen and oxygen atoms in total. The molecule has 2 fully saturated rings. The number of rotatable bonds is 5. The lowest BCUT2D eigenvalue weighted by Gasteiger charge is -2.60. The van der Waals surface area contributed by atoms with E-state index in [-0.39, 0.29) is 49.6 Å². The molecule has 0 aromatic carbocycles. The van der Waals surface area contributed by atoms with Gasteiger partial charge in [-0.1, -0.05) is 20.8 Å². The predicted molar refractivity (Wildman–Crippen MR) is 85.4 cm³/mol. The van der Waals surface area contributed by atoms with Crippen LogP contribution in [0.4, 0.5) is 0 Å². The predicted octanol–water partition coefficient (Wildman–Crippen LogP) is 2.69. The van der Waals surface area contributed by atoms with Crippen molar-refractivity contribution in [3.8, 4) is 0 Å². The molecule has 24 heavy (non-hydrogen) atoms. The van der Waals surface area contributed by atoms with Crippen LogP contribution in [0.5, 0.6) is 0 Å². The lowest BCUT2D eigenvalue weighted by molar-refractivity contribution is -0.176. The number of carbonyl (C=O) groups is 4. The van der Waals surface area contributed by atoms with Gasteiger partial charge in [0.05, 0.1) is 6.42 Å². The van der Waals surface area contributed by atoms with Gasteiger partial charge in [-0.15, -0.1) is 0 Å². The molecule has 0 radical (unpaired) electrons. The molecule has 0 aromatic rings. The number of carbonyl (C=O) groups excluding carboxylic acids is 2. The van der Waals surface area contributed by atoms with E-state index in [4.69, 9.17) is 5.11 Å². The summed E-state index contributed by atoms with van der Waals surface area (Å²) in [4.78, 5) is 47.7. The van der Waals surface area contributed by atoms with E-state index < -0.39 is 28.2 Å². The Morgan fingerprint density at radius 1 is 1.04 bits per heavy atom. The first-order chi connectivity index (χ1) is 11.0. The minimum atomic E-state index is -1.01. The minimum Gasteiger partial charge on any atom is -0.481 e. The topological polar surface area (TPSA) is 109 Å². The molecule has 0 aliphatic heterocycles. The van der Waals surface area contributed by atoms with Crippen molar-refractivity contribution in [2.45, 2.75) is 65.7 Å². The lowest BCUT2D eigenvalue weighted by atomic mass is 9.41. The Balaban J connectivity index is 2.47. The van der Waals surface area contributed by atoms with E-state index >= 15 is 0 Å². The summed E-state index contributed by atoms with van der Waals surface area (Å²) in [7, 11) is 0. The molecule has 0 unspecified atom stereocenters. The van der Waals surface area contributed by atoms with Gasteiger partial charge in [-0.2, -0.15) is 0 Å². The third kappa shape index (κ3) is 2.66. The molecule has 134 valence electrons. The molecule has 6 heteroatoms. The summed E-state index contributed by atoms with van der Waals surface area (Å²) in [5.74, 6) is -2.20. The first kappa shape index (κ1) is 18.6. The van der Waals surface area contributed by atoms with Gasteiger partial charge in [0.25, 0.3) is 0 Å². The molecule has 2 saturated carbocycles. The summed E-state index contributed by atoms with van der Waals surface area (Å²) in [6, 6.07) is 0. The number of aliphatic carboxylic acids is 2. The van der Waals surface area contributed by atoms with Crippen molar-refractivity contribution in [1.82, 2.24) is 0 Å². The molecular formula is C18H26O6. The standard InChI is InChI=1S/C18H26O6/c1-16(10-15(23)24)11-4-5-13(20)18(3,9-7-14(21)22)17(11,2)8-6-12(16)19/h11H,4-10H2,1-3H3,(H,21,22)(H,23,24)/t11-,16-,17-,18-/m1/s1.